The van der Waals surface area contributed by atoms with Crippen LogP contribution in [-0.4, -0.2) is 16.1 Å². The Bertz CT molecular complexity index is 346. The normalized spacial score (nSPS) is 17.8. The molecule has 1 aliphatic carbocycles. The van der Waals surface area contributed by atoms with Gasteiger partial charge in [0.25, 0.3) is 0 Å². The van der Waals surface area contributed by atoms with Crippen molar-refractivity contribution in [3.05, 3.63) is 34.7 Å². The van der Waals surface area contributed by atoms with E-state index in [2.05, 4.69) is 58.0 Å². The van der Waals surface area contributed by atoms with Crippen molar-refractivity contribution in [3.8, 4) is 0 Å². The second kappa shape index (κ2) is 4.49. The van der Waals surface area contributed by atoms with Crippen LogP contribution in [0.4, 0.5) is 0 Å². The van der Waals surface area contributed by atoms with Gasteiger partial charge in [0.2, 0.25) is 0 Å². The monoisotopic (exact) mass is 250 g/mol. The average Bonchev–Trinajstić information content (AvgIpc) is 2.46. The Balaban J connectivity index is 3.06. The fourth-order valence-corrected chi connectivity index (χ4v) is 5.56. The van der Waals surface area contributed by atoms with E-state index in [1.54, 1.807) is 16.0 Å². The van der Waals surface area contributed by atoms with Gasteiger partial charge in [-0.25, -0.2) is 0 Å². The van der Waals surface area contributed by atoms with Crippen LogP contribution in [0.3, 0.4) is 0 Å². The summed E-state index contributed by atoms with van der Waals surface area (Å²) in [5.74, 6) is 0. The molecule has 0 aromatic rings. The van der Waals surface area contributed by atoms with Gasteiger partial charge in [-0.2, -0.15) is 0 Å². The second-order valence-corrected chi connectivity index (χ2v) is 17.0. The van der Waals surface area contributed by atoms with Gasteiger partial charge in [-0.05, 0) is 12.8 Å². The molecule has 0 radical (unpaired) electrons. The van der Waals surface area contributed by atoms with Crippen LogP contribution in [0.15, 0.2) is 34.7 Å². The number of hydrogen-bond acceptors (Lipinski definition) is 0. The van der Waals surface area contributed by atoms with Gasteiger partial charge in [0.05, 0.1) is 16.1 Å². The second-order valence-electron chi connectivity index (χ2n) is 6.86. The molecule has 0 unspecified atom stereocenters. The zero-order valence-electron chi connectivity index (χ0n) is 11.8. The summed E-state index contributed by atoms with van der Waals surface area (Å²) in [6, 6.07) is 0. The molecule has 0 saturated carbocycles. The van der Waals surface area contributed by atoms with Gasteiger partial charge in [0, 0.05) is 0 Å². The summed E-state index contributed by atoms with van der Waals surface area (Å²) in [6.45, 7) is 18.6. The molecule has 0 amide bonds. The Morgan fingerprint density at radius 2 is 1.69 bits per heavy atom. The quantitative estimate of drug-likeness (QED) is 0.489. The molecule has 0 fully saturated rings. The number of hydrogen-bond donors (Lipinski definition) is 0. The van der Waals surface area contributed by atoms with Gasteiger partial charge in [0.1, 0.15) is 0 Å². The van der Waals surface area contributed by atoms with Crippen molar-refractivity contribution in [2.24, 2.45) is 0 Å². The first-order chi connectivity index (χ1) is 7.16. The Morgan fingerprint density at radius 3 is 2.06 bits per heavy atom. The summed E-state index contributed by atoms with van der Waals surface area (Å²) in [5.41, 5.74) is 1.66. The third-order valence-electron chi connectivity index (χ3n) is 3.27. The van der Waals surface area contributed by atoms with E-state index in [1.165, 1.54) is 6.42 Å². The predicted octanol–water partition coefficient (Wildman–Crippen LogP) is 4.94. The molecule has 0 atom stereocenters. The lowest BCUT2D eigenvalue weighted by Crippen LogP contribution is -2.24. The van der Waals surface area contributed by atoms with Crippen molar-refractivity contribution < 1.29 is 0 Å². The highest BCUT2D eigenvalue weighted by atomic mass is 28.3. The highest BCUT2D eigenvalue weighted by Crippen LogP contribution is 2.37. The van der Waals surface area contributed by atoms with Gasteiger partial charge in [-0.15, -0.1) is 6.58 Å². The van der Waals surface area contributed by atoms with Crippen molar-refractivity contribution in [1.82, 2.24) is 0 Å². The fraction of sp³-hybridized carbons (Fsp3) is 0.571. The summed E-state index contributed by atoms with van der Waals surface area (Å²) in [7, 11) is -2.28. The number of allylic oxidation sites excluding steroid dienone is 5. The van der Waals surface area contributed by atoms with Crippen LogP contribution >= 0.6 is 0 Å². The molecule has 1 aliphatic rings. The van der Waals surface area contributed by atoms with Crippen LogP contribution in [0.1, 0.15) is 12.8 Å². The minimum absolute atomic E-state index is 1.09. The van der Waals surface area contributed by atoms with E-state index in [-0.39, 0.29) is 0 Å². The molecule has 90 valence electrons. The lowest BCUT2D eigenvalue weighted by atomic mass is 10.1. The van der Waals surface area contributed by atoms with E-state index >= 15 is 0 Å². The standard InChI is InChI=1S/C14H26Si2/c1-8-9-12-10-13(15(2,3)4)11-14(12)16(5,6)7/h8,11H,1,9-10H2,2-7H3. The topological polar surface area (TPSA) is 0 Å². The summed E-state index contributed by atoms with van der Waals surface area (Å²) < 4.78 is 0. The van der Waals surface area contributed by atoms with E-state index in [0.717, 1.165) is 6.42 Å². The Morgan fingerprint density at radius 1 is 1.12 bits per heavy atom. The van der Waals surface area contributed by atoms with Gasteiger partial charge < -0.3 is 0 Å². The first-order valence-corrected chi connectivity index (χ1v) is 13.2. The van der Waals surface area contributed by atoms with Crippen LogP contribution in [-0.2, 0) is 0 Å². The first kappa shape index (κ1) is 13.7. The van der Waals surface area contributed by atoms with Crippen LogP contribution in [0.2, 0.25) is 39.3 Å². The molecule has 0 spiro atoms. The molecule has 16 heavy (non-hydrogen) atoms. The molecule has 2 heteroatoms. The molecule has 0 saturated heterocycles. The fourth-order valence-electron chi connectivity index (χ4n) is 2.24. The minimum Gasteiger partial charge on any atom is -0.103 e. The average molecular weight is 251 g/mol. The molecule has 0 aromatic heterocycles. The SMILES string of the molecule is C=CCC1=C([Si](C)(C)C)C=C([Si](C)(C)C)C1. The van der Waals surface area contributed by atoms with Crippen molar-refractivity contribution in [2.45, 2.75) is 52.1 Å². The van der Waals surface area contributed by atoms with Crippen molar-refractivity contribution >= 4 is 16.1 Å². The molecule has 0 N–H and O–H groups in total. The molecule has 1 rings (SSSR count). The third kappa shape index (κ3) is 3.08. The maximum Gasteiger partial charge on any atom is 0.0775 e. The maximum atomic E-state index is 3.90. The van der Waals surface area contributed by atoms with E-state index in [4.69, 9.17) is 0 Å². The lowest BCUT2D eigenvalue weighted by Gasteiger charge is -2.19. The molecular weight excluding hydrogens is 224 g/mol. The maximum absolute atomic E-state index is 3.90. The third-order valence-corrected chi connectivity index (χ3v) is 7.63. The summed E-state index contributed by atoms with van der Waals surface area (Å²) in [6.07, 6.45) is 6.94. The van der Waals surface area contributed by atoms with Crippen LogP contribution < -0.4 is 0 Å². The smallest absolute Gasteiger partial charge is 0.0775 e. The molecule has 0 nitrogen and oxygen atoms in total. The summed E-state index contributed by atoms with van der Waals surface area (Å²) in [4.78, 5) is 0. The van der Waals surface area contributed by atoms with Gasteiger partial charge in [0.15, 0.2) is 0 Å². The molecule has 0 aliphatic heterocycles. The zero-order valence-corrected chi connectivity index (χ0v) is 13.8. The van der Waals surface area contributed by atoms with E-state index in [9.17, 15) is 0 Å². The van der Waals surface area contributed by atoms with Crippen molar-refractivity contribution in [2.75, 3.05) is 0 Å². The highest BCUT2D eigenvalue weighted by molar-refractivity contribution is 6.86. The number of rotatable bonds is 4. The Kier molecular flexibility index (Phi) is 3.85. The van der Waals surface area contributed by atoms with E-state index in [1.807, 2.05) is 0 Å². The lowest BCUT2D eigenvalue weighted by molar-refractivity contribution is 1.11. The van der Waals surface area contributed by atoms with Crippen LogP contribution in [0.25, 0.3) is 0 Å². The minimum atomic E-state index is -1.17. The Hall–Kier alpha value is -0.346. The van der Waals surface area contributed by atoms with Gasteiger partial charge in [-0.3, -0.25) is 0 Å². The predicted molar refractivity (Wildman–Crippen MR) is 81.2 cm³/mol. The Labute approximate surface area is 103 Å². The van der Waals surface area contributed by atoms with Crippen LogP contribution in [0, 0.1) is 0 Å². The molecular formula is C14H26Si2. The summed E-state index contributed by atoms with van der Waals surface area (Å²) in [5, 5.41) is 3.44. The van der Waals surface area contributed by atoms with Gasteiger partial charge in [-0.1, -0.05) is 67.4 Å². The van der Waals surface area contributed by atoms with Crippen LogP contribution in [0.5, 0.6) is 0 Å². The van der Waals surface area contributed by atoms with Crippen molar-refractivity contribution in [3.63, 3.8) is 0 Å². The van der Waals surface area contributed by atoms with E-state index in [0.29, 0.717) is 0 Å². The molecule has 0 bridgehead atoms. The highest BCUT2D eigenvalue weighted by Gasteiger charge is 2.30. The molecule has 0 heterocycles. The largest absolute Gasteiger partial charge is 0.103 e. The molecule has 0 aromatic carbocycles. The summed E-state index contributed by atoms with van der Waals surface area (Å²) >= 11 is 0. The van der Waals surface area contributed by atoms with E-state index < -0.39 is 16.1 Å². The van der Waals surface area contributed by atoms with Crippen molar-refractivity contribution in [1.29, 1.82) is 0 Å². The zero-order chi connectivity index (χ0) is 12.6. The first-order valence-electron chi connectivity index (χ1n) is 6.20. The van der Waals surface area contributed by atoms with Gasteiger partial charge >= 0.3 is 0 Å².